The molecule has 2 rings (SSSR count). The first-order valence-corrected chi connectivity index (χ1v) is 7.99. The van der Waals surface area contributed by atoms with E-state index in [9.17, 15) is 4.79 Å². The van der Waals surface area contributed by atoms with Crippen molar-refractivity contribution < 1.29 is 4.79 Å². The van der Waals surface area contributed by atoms with Crippen LogP contribution in [0.4, 0.5) is 5.69 Å². The van der Waals surface area contributed by atoms with Crippen molar-refractivity contribution in [2.24, 2.45) is 0 Å². The summed E-state index contributed by atoms with van der Waals surface area (Å²) in [5.41, 5.74) is 2.75. The number of anilines is 1. The van der Waals surface area contributed by atoms with Crippen LogP contribution >= 0.6 is 11.3 Å². The molecule has 1 aromatic carbocycles. The number of amides is 1. The Bertz CT molecular complexity index is 607. The van der Waals surface area contributed by atoms with Crippen molar-refractivity contribution in [1.29, 1.82) is 0 Å². The normalized spacial score (nSPS) is 12.0. The van der Waals surface area contributed by atoms with Crippen LogP contribution in [0.2, 0.25) is 0 Å². The molecule has 0 aliphatic rings. The predicted octanol–water partition coefficient (Wildman–Crippen LogP) is 3.80. The number of carbonyl (C=O) groups is 1. The number of hydrogen-bond acceptors (Lipinski definition) is 3. The van der Waals surface area contributed by atoms with Crippen LogP contribution in [0.3, 0.4) is 0 Å². The number of likely N-dealkylation sites (N-methyl/N-ethyl adjacent to an activating group) is 1. The van der Waals surface area contributed by atoms with Gasteiger partial charge in [0.15, 0.2) is 0 Å². The second-order valence-corrected chi connectivity index (χ2v) is 6.38. The summed E-state index contributed by atoms with van der Waals surface area (Å²) >= 11 is 1.74. The summed E-state index contributed by atoms with van der Waals surface area (Å²) in [5, 5.41) is 5.18. The molecular weight excluding hydrogens is 280 g/mol. The van der Waals surface area contributed by atoms with Gasteiger partial charge in [0.1, 0.15) is 0 Å². The third-order valence-corrected chi connectivity index (χ3v) is 4.63. The summed E-state index contributed by atoms with van der Waals surface area (Å²) < 4.78 is 0. The van der Waals surface area contributed by atoms with Crippen LogP contribution in [-0.4, -0.2) is 30.9 Å². The molecule has 2 aromatic rings. The summed E-state index contributed by atoms with van der Waals surface area (Å²) in [4.78, 5) is 15.8. The number of aryl methyl sites for hydroxylation is 1. The Morgan fingerprint density at radius 1 is 1.38 bits per heavy atom. The number of thiophene rings is 1. The predicted molar refractivity (Wildman–Crippen MR) is 90.3 cm³/mol. The molecule has 1 aromatic heterocycles. The molecule has 1 N–H and O–H groups in total. The fourth-order valence-electron chi connectivity index (χ4n) is 2.30. The van der Waals surface area contributed by atoms with Gasteiger partial charge < -0.3 is 10.2 Å². The Morgan fingerprint density at radius 3 is 2.76 bits per heavy atom. The lowest BCUT2D eigenvalue weighted by Gasteiger charge is -2.25. The molecular formula is C17H22N2OS. The first-order valence-electron chi connectivity index (χ1n) is 7.11. The Hall–Kier alpha value is -1.81. The molecule has 0 fully saturated rings. The van der Waals surface area contributed by atoms with Gasteiger partial charge >= 0.3 is 0 Å². The van der Waals surface area contributed by atoms with E-state index < -0.39 is 0 Å². The van der Waals surface area contributed by atoms with E-state index in [2.05, 4.69) is 23.7 Å². The first-order chi connectivity index (χ1) is 10.0. The zero-order chi connectivity index (χ0) is 15.4. The standard InChI is InChI=1S/C17H22N2OS/c1-12-7-8-15(16(10-12)18-3)17(20)19(4)13(2)11-14-6-5-9-21-14/h5-10,13,18H,11H2,1-4H3. The Morgan fingerprint density at radius 2 is 2.14 bits per heavy atom. The van der Waals surface area contributed by atoms with Gasteiger partial charge in [0.2, 0.25) is 0 Å². The molecule has 1 amide bonds. The summed E-state index contributed by atoms with van der Waals surface area (Å²) in [5.74, 6) is 0.0587. The number of hydrogen-bond donors (Lipinski definition) is 1. The van der Waals surface area contributed by atoms with E-state index in [0.29, 0.717) is 0 Å². The lowest BCUT2D eigenvalue weighted by Crippen LogP contribution is -2.36. The fraction of sp³-hybridized carbons (Fsp3) is 0.353. The number of benzene rings is 1. The van der Waals surface area contributed by atoms with E-state index in [1.165, 1.54) is 4.88 Å². The van der Waals surface area contributed by atoms with Crippen LogP contribution in [0.1, 0.15) is 27.7 Å². The molecule has 1 heterocycles. The van der Waals surface area contributed by atoms with Crippen molar-refractivity contribution in [1.82, 2.24) is 4.90 Å². The second-order valence-electron chi connectivity index (χ2n) is 5.35. The number of rotatable bonds is 5. The van der Waals surface area contributed by atoms with Gasteiger partial charge in [-0.15, -0.1) is 11.3 Å². The molecule has 0 saturated heterocycles. The minimum atomic E-state index is 0.0587. The summed E-state index contributed by atoms with van der Waals surface area (Å²) in [6, 6.07) is 10.2. The fourth-order valence-corrected chi connectivity index (χ4v) is 3.12. The average molecular weight is 302 g/mol. The maximum Gasteiger partial charge on any atom is 0.255 e. The van der Waals surface area contributed by atoms with Crippen molar-refractivity contribution in [3.05, 3.63) is 51.7 Å². The smallest absolute Gasteiger partial charge is 0.255 e. The molecule has 0 spiro atoms. The molecule has 0 saturated carbocycles. The van der Waals surface area contributed by atoms with Gasteiger partial charge in [-0.2, -0.15) is 0 Å². The van der Waals surface area contributed by atoms with Gasteiger partial charge in [-0.1, -0.05) is 12.1 Å². The van der Waals surface area contributed by atoms with Crippen LogP contribution < -0.4 is 5.32 Å². The first kappa shape index (κ1) is 15.6. The highest BCUT2D eigenvalue weighted by Gasteiger charge is 2.20. The van der Waals surface area contributed by atoms with Gasteiger partial charge in [0, 0.05) is 37.1 Å². The average Bonchev–Trinajstić information content (AvgIpc) is 2.98. The number of carbonyl (C=O) groups excluding carboxylic acids is 1. The largest absolute Gasteiger partial charge is 0.387 e. The van der Waals surface area contributed by atoms with Crippen LogP contribution in [0.25, 0.3) is 0 Å². The minimum Gasteiger partial charge on any atom is -0.387 e. The molecule has 3 nitrogen and oxygen atoms in total. The third-order valence-electron chi connectivity index (χ3n) is 3.73. The monoisotopic (exact) mass is 302 g/mol. The summed E-state index contributed by atoms with van der Waals surface area (Å²) in [6.07, 6.45) is 0.890. The zero-order valence-electron chi connectivity index (χ0n) is 13.0. The maximum atomic E-state index is 12.7. The van der Waals surface area contributed by atoms with Gasteiger partial charge in [-0.25, -0.2) is 0 Å². The zero-order valence-corrected chi connectivity index (χ0v) is 13.8. The molecule has 1 unspecified atom stereocenters. The lowest BCUT2D eigenvalue weighted by molar-refractivity contribution is 0.0745. The summed E-state index contributed by atoms with van der Waals surface area (Å²) in [6.45, 7) is 4.11. The van der Waals surface area contributed by atoms with Crippen molar-refractivity contribution in [2.45, 2.75) is 26.3 Å². The Kier molecular flexibility index (Phi) is 5.02. The highest BCUT2D eigenvalue weighted by molar-refractivity contribution is 7.09. The third kappa shape index (κ3) is 3.64. The van der Waals surface area contributed by atoms with Crippen molar-refractivity contribution in [3.8, 4) is 0 Å². The molecule has 4 heteroatoms. The van der Waals surface area contributed by atoms with E-state index in [-0.39, 0.29) is 11.9 Å². The summed E-state index contributed by atoms with van der Waals surface area (Å²) in [7, 11) is 3.72. The van der Waals surface area contributed by atoms with Crippen LogP contribution in [0.5, 0.6) is 0 Å². The molecule has 0 radical (unpaired) electrons. The van der Waals surface area contributed by atoms with E-state index in [4.69, 9.17) is 0 Å². The van der Waals surface area contributed by atoms with Crippen LogP contribution in [-0.2, 0) is 6.42 Å². The molecule has 112 valence electrons. The van der Waals surface area contributed by atoms with Crippen molar-refractivity contribution >= 4 is 22.9 Å². The van der Waals surface area contributed by atoms with Gasteiger partial charge in [-0.05, 0) is 43.0 Å². The quantitative estimate of drug-likeness (QED) is 0.911. The van der Waals surface area contributed by atoms with E-state index in [1.807, 2.05) is 50.2 Å². The SMILES string of the molecule is CNc1cc(C)ccc1C(=O)N(C)C(C)Cc1cccs1. The number of nitrogens with one attached hydrogen (secondary N) is 1. The second kappa shape index (κ2) is 6.76. The van der Waals surface area contributed by atoms with E-state index in [1.54, 1.807) is 11.3 Å². The highest BCUT2D eigenvalue weighted by Crippen LogP contribution is 2.21. The Labute approximate surface area is 130 Å². The highest BCUT2D eigenvalue weighted by atomic mass is 32.1. The van der Waals surface area contributed by atoms with Crippen LogP contribution in [0, 0.1) is 6.92 Å². The Balaban J connectivity index is 2.15. The van der Waals surface area contributed by atoms with Crippen molar-refractivity contribution in [3.63, 3.8) is 0 Å². The molecule has 0 bridgehead atoms. The molecule has 0 aliphatic heterocycles. The topological polar surface area (TPSA) is 32.3 Å². The van der Waals surface area contributed by atoms with Crippen molar-refractivity contribution in [2.75, 3.05) is 19.4 Å². The molecule has 21 heavy (non-hydrogen) atoms. The molecule has 1 atom stereocenters. The van der Waals surface area contributed by atoms with Gasteiger partial charge in [0.25, 0.3) is 5.91 Å². The van der Waals surface area contributed by atoms with E-state index in [0.717, 1.165) is 23.2 Å². The maximum absolute atomic E-state index is 12.7. The van der Waals surface area contributed by atoms with Crippen LogP contribution in [0.15, 0.2) is 35.7 Å². The van der Waals surface area contributed by atoms with E-state index >= 15 is 0 Å². The van der Waals surface area contributed by atoms with Gasteiger partial charge in [0.05, 0.1) is 5.56 Å². The van der Waals surface area contributed by atoms with Gasteiger partial charge in [-0.3, -0.25) is 4.79 Å². The lowest BCUT2D eigenvalue weighted by atomic mass is 10.1. The number of nitrogens with zero attached hydrogens (tertiary/aromatic N) is 1. The minimum absolute atomic E-state index is 0.0587. The molecule has 0 aliphatic carbocycles.